The fourth-order valence-corrected chi connectivity index (χ4v) is 36.7. The van der Waals surface area contributed by atoms with Crippen LogP contribution in [0.25, 0.3) is 66.6 Å². The van der Waals surface area contributed by atoms with Gasteiger partial charge in [-0.05, 0) is 136 Å². The maximum atomic E-state index is 5.90. The van der Waals surface area contributed by atoms with Crippen LogP contribution in [0.3, 0.4) is 0 Å². The zero-order valence-electron chi connectivity index (χ0n) is 63.9. The molecule has 548 valence electrons. The summed E-state index contributed by atoms with van der Waals surface area (Å²) >= 11 is 0. The van der Waals surface area contributed by atoms with Gasteiger partial charge in [0.25, 0.3) is 0 Å². The largest absolute Gasteiger partial charge is 0.294 e. The van der Waals surface area contributed by atoms with Gasteiger partial charge in [0.15, 0.2) is 30.0 Å². The van der Waals surface area contributed by atoms with E-state index in [2.05, 4.69) is 490 Å². The number of hydrogen-bond acceptors (Lipinski definition) is 2. The molecule has 3 heterocycles. The summed E-state index contributed by atoms with van der Waals surface area (Å²) in [7, 11) is -11.6. The molecule has 19 rings (SSSR count). The van der Waals surface area contributed by atoms with Crippen LogP contribution in [-0.4, -0.2) is 43.3 Å². The van der Waals surface area contributed by atoms with Gasteiger partial charge in [-0.1, -0.05) is 401 Å². The van der Waals surface area contributed by atoms with E-state index in [-0.39, 0.29) is 0 Å². The van der Waals surface area contributed by atoms with Crippen LogP contribution < -0.4 is 62.2 Å². The van der Waals surface area contributed by atoms with Crippen LogP contribution in [-0.2, 0) is 0 Å². The number of hydrogen-bond donors (Lipinski definition) is 0. The van der Waals surface area contributed by atoms with Gasteiger partial charge in [-0.15, -0.1) is 10.0 Å². The summed E-state index contributed by atoms with van der Waals surface area (Å²) in [6.45, 7) is 6.74. The summed E-state index contributed by atoms with van der Waals surface area (Å²) in [6, 6.07) is 166. The molecule has 0 unspecified atom stereocenters. The first-order valence-electron chi connectivity index (χ1n) is 39.5. The predicted molar refractivity (Wildman–Crippen MR) is 495 cm³/mol. The van der Waals surface area contributed by atoms with E-state index in [0.717, 1.165) is 65.7 Å². The van der Waals surface area contributed by atoms with Crippen molar-refractivity contribution in [2.75, 3.05) is 0 Å². The Balaban J connectivity index is 0.943. The Morgan fingerprint density at radius 2 is 0.522 bits per heavy atom. The lowest BCUT2D eigenvalue weighted by atomic mass is 10.1. The van der Waals surface area contributed by atoms with Gasteiger partial charge in [-0.3, -0.25) is 9.13 Å². The molecule has 19 aromatic rings. The molecular weight excluding hydrogens is 1460 g/mol. The Morgan fingerprint density at radius 3 is 0.791 bits per heavy atom. The zero-order valence-corrected chi connectivity index (χ0v) is 67.7. The summed E-state index contributed by atoms with van der Waals surface area (Å²) in [5.74, 6) is 2.09. The number of nitrogens with zero attached hydrogens (tertiary/aromatic N) is 4. The van der Waals surface area contributed by atoms with Crippen molar-refractivity contribution >= 4 is 140 Å². The highest BCUT2D eigenvalue weighted by molar-refractivity contribution is 8.37. The summed E-state index contributed by atoms with van der Waals surface area (Å²) in [5.41, 5.74) is 5.02. The molecule has 0 amide bonds. The molecule has 0 N–H and O–H groups in total. The Morgan fingerprint density at radius 1 is 0.270 bits per heavy atom. The van der Waals surface area contributed by atoms with Gasteiger partial charge < -0.3 is 0 Å². The number of fused-ring (bicyclic) bond motifs is 6. The van der Waals surface area contributed by atoms with Crippen LogP contribution >= 0.6 is 10.0 Å². The van der Waals surface area contributed by atoms with E-state index >= 15 is 0 Å². The lowest BCUT2D eigenvalue weighted by Gasteiger charge is -2.42. The molecular formula is C107H82N4SSi3. The van der Waals surface area contributed by atoms with Crippen molar-refractivity contribution in [2.24, 2.45) is 0 Å². The van der Waals surface area contributed by atoms with Crippen molar-refractivity contribution in [3.8, 4) is 23.0 Å². The molecule has 0 bridgehead atoms. The van der Waals surface area contributed by atoms with Crippen LogP contribution in [0, 0.1) is 0 Å². The Labute approximate surface area is 677 Å². The van der Waals surface area contributed by atoms with Gasteiger partial charge in [-0.25, -0.2) is 9.97 Å². The molecule has 0 atom stereocenters. The molecule has 115 heavy (non-hydrogen) atoms. The minimum Gasteiger partial charge on any atom is -0.294 e. The lowest BCUT2D eigenvalue weighted by Crippen LogP contribution is -2.74. The van der Waals surface area contributed by atoms with E-state index < -0.39 is 34.2 Å². The molecule has 4 nitrogen and oxygen atoms in total. The van der Waals surface area contributed by atoms with Crippen LogP contribution in [0.1, 0.15) is 6.92 Å². The smallest absolute Gasteiger partial charge is 0.179 e. The average Bonchev–Trinajstić information content (AvgIpc) is 1.60. The van der Waals surface area contributed by atoms with Crippen LogP contribution in [0.4, 0.5) is 0 Å². The SMILES string of the molecule is C=C/C(=C\C=C/C)S(c1ccccc1)(c1ccccc1)c1ccc2c(c1)c1cc([Si](c3ccccc3)(c3ccccc3)c3ccccc3)ccc1n2-c1cc(-n2c3ccc([Si](c4ccccc4)(c4ccccc4)c4ccccc4)cc3c3cc([Si](c4ccccc4)(c4ccccc4)c4ccccc4)ccc32)nc(-c2ccccc2)n1. The van der Waals surface area contributed by atoms with E-state index in [0.29, 0.717) is 5.82 Å². The topological polar surface area (TPSA) is 35.6 Å². The standard InChI is InChI=1S/C107H82N4SSi3/c1-3-5-44-81(4-2)112(82-45-20-7-21-46-82,83-47-22-8-23-48-83)84-67-71-101-97(75-84)98-76-94(113(85-49-24-9-25-50-85,86-51-26-10-27-52-86)87-53-28-11-29-54-87)68-72-102(98)110(101)105-79-106(109-107(108-105)80-42-18-6-19-43-80)111-103-73-69-95(114(88-55-30-12-31-56-88,89-57-32-13-33-58-89)90-59-34-14-35-60-90)77-99(103)100-78-96(70-74-104(100)111)115(91-61-36-15-37-62-91,92-63-38-16-39-64-92)93-65-40-17-41-66-93/h3-79H,2H2,1H3/b5-3-,81-44+. The van der Waals surface area contributed by atoms with Crippen molar-refractivity contribution < 1.29 is 0 Å². The van der Waals surface area contributed by atoms with Crippen molar-refractivity contribution in [3.63, 3.8) is 0 Å². The summed E-state index contributed by atoms with van der Waals surface area (Å²) in [4.78, 5) is 16.5. The Bertz CT molecular complexity index is 6240. The number of aromatic nitrogens is 4. The molecule has 0 aliphatic rings. The summed E-state index contributed by atoms with van der Waals surface area (Å²) in [6.07, 6.45) is 8.65. The molecule has 0 aliphatic heterocycles. The lowest BCUT2D eigenvalue weighted by molar-refractivity contribution is 0.994. The fraction of sp³-hybridized carbons (Fsp3) is 0.00935. The average molecular weight is 1540 g/mol. The third kappa shape index (κ3) is 12.0. The molecule has 3 aromatic heterocycles. The van der Waals surface area contributed by atoms with Gasteiger partial charge in [0, 0.05) is 52.8 Å². The highest BCUT2D eigenvalue weighted by atomic mass is 32.3. The molecule has 0 aliphatic carbocycles. The van der Waals surface area contributed by atoms with E-state index in [4.69, 9.17) is 9.97 Å². The second-order valence-electron chi connectivity index (χ2n) is 29.4. The monoisotopic (exact) mass is 1540 g/mol. The number of allylic oxidation sites excluding steroid dienone is 4. The first-order valence-corrected chi connectivity index (χ1v) is 47.1. The van der Waals surface area contributed by atoms with Crippen molar-refractivity contribution in [3.05, 3.63) is 479 Å². The molecule has 0 saturated carbocycles. The van der Waals surface area contributed by atoms with Gasteiger partial charge in [0.1, 0.15) is 11.6 Å². The van der Waals surface area contributed by atoms with Gasteiger partial charge in [-0.2, -0.15) is 0 Å². The first-order chi connectivity index (χ1) is 57.0. The van der Waals surface area contributed by atoms with E-state index in [9.17, 15) is 0 Å². The van der Waals surface area contributed by atoms with Crippen molar-refractivity contribution in [2.45, 2.75) is 21.6 Å². The minimum absolute atomic E-state index is 0.608. The molecule has 0 spiro atoms. The molecule has 0 saturated heterocycles. The second-order valence-corrected chi connectivity index (χ2v) is 43.9. The van der Waals surface area contributed by atoms with Crippen LogP contribution in [0.15, 0.2) is 493 Å². The maximum Gasteiger partial charge on any atom is 0.179 e. The zero-order chi connectivity index (χ0) is 77.2. The Kier molecular flexibility index (Phi) is 19.2. The highest BCUT2D eigenvalue weighted by Gasteiger charge is 2.46. The second kappa shape index (κ2) is 30.8. The van der Waals surface area contributed by atoms with Crippen molar-refractivity contribution in [1.82, 2.24) is 19.1 Å². The van der Waals surface area contributed by atoms with E-state index in [1.54, 1.807) is 0 Å². The van der Waals surface area contributed by atoms with E-state index in [1.807, 2.05) is 0 Å². The van der Waals surface area contributed by atoms with Gasteiger partial charge in [0.2, 0.25) is 0 Å². The normalized spacial score (nSPS) is 12.4. The van der Waals surface area contributed by atoms with Crippen LogP contribution in [0.5, 0.6) is 0 Å². The van der Waals surface area contributed by atoms with Gasteiger partial charge in [0.05, 0.1) is 22.1 Å². The fourth-order valence-electron chi connectivity index (χ4n) is 18.5. The number of rotatable bonds is 21. The number of benzene rings is 16. The molecule has 0 radical (unpaired) electrons. The maximum absolute atomic E-state index is 5.90. The Hall–Kier alpha value is -13.6. The quantitative estimate of drug-likeness (QED) is 0.0408. The first kappa shape index (κ1) is 71.7. The van der Waals surface area contributed by atoms with Crippen LogP contribution in [0.2, 0.25) is 0 Å². The predicted octanol–water partition coefficient (Wildman–Crippen LogP) is 18.4. The summed E-state index contributed by atoms with van der Waals surface area (Å²) in [5, 5.41) is 20.1. The minimum atomic E-state index is -3.13. The van der Waals surface area contributed by atoms with E-state index in [1.165, 1.54) is 76.9 Å². The molecule has 8 heteroatoms. The highest BCUT2D eigenvalue weighted by Crippen LogP contribution is 2.74. The third-order valence-electron chi connectivity index (χ3n) is 23.4. The third-order valence-corrected chi connectivity index (χ3v) is 41.7. The molecule has 0 fully saturated rings. The van der Waals surface area contributed by atoms with Crippen molar-refractivity contribution in [1.29, 1.82) is 0 Å². The molecule has 16 aromatic carbocycles. The van der Waals surface area contributed by atoms with Gasteiger partial charge >= 0.3 is 0 Å². The summed E-state index contributed by atoms with van der Waals surface area (Å²) < 4.78 is 4.88.